The Morgan fingerprint density at radius 3 is 2.85 bits per heavy atom. The van der Waals surface area contributed by atoms with Crippen molar-refractivity contribution in [3.05, 3.63) is 28.3 Å². The van der Waals surface area contributed by atoms with Crippen molar-refractivity contribution in [2.75, 3.05) is 7.11 Å². The molecule has 0 aromatic carbocycles. The number of furan rings is 1. The van der Waals surface area contributed by atoms with E-state index < -0.39 is 5.97 Å². The van der Waals surface area contributed by atoms with Crippen LogP contribution < -0.4 is 0 Å². The number of carbonyl (C=O) groups is 1. The number of aromatic carboxylic acids is 1. The Hall–Kier alpha value is -1.66. The normalized spacial score (nSPS) is 17.4. The second-order valence-corrected chi connectivity index (χ2v) is 5.81. The lowest BCUT2D eigenvalue weighted by Gasteiger charge is -2.24. The molecule has 6 heteroatoms. The summed E-state index contributed by atoms with van der Waals surface area (Å²) < 4.78 is 11.0. The van der Waals surface area contributed by atoms with Crippen LogP contribution in [-0.4, -0.2) is 23.2 Å². The SMILES string of the molecule is COC1(c2nc(-c3cc(C(=O)O)co3)cs2)CCCC1. The summed E-state index contributed by atoms with van der Waals surface area (Å²) in [5.74, 6) is -0.520. The number of nitrogens with zero attached hydrogens (tertiary/aromatic N) is 1. The van der Waals surface area contributed by atoms with Gasteiger partial charge in [-0.25, -0.2) is 9.78 Å². The molecule has 5 nitrogen and oxygen atoms in total. The summed E-state index contributed by atoms with van der Waals surface area (Å²) >= 11 is 1.54. The summed E-state index contributed by atoms with van der Waals surface area (Å²) in [6.45, 7) is 0. The van der Waals surface area contributed by atoms with Gasteiger partial charge >= 0.3 is 5.97 Å². The number of rotatable bonds is 4. The lowest BCUT2D eigenvalue weighted by atomic mass is 10.0. The molecule has 0 unspecified atom stereocenters. The Kier molecular flexibility index (Phi) is 3.35. The Bertz CT molecular complexity index is 625. The van der Waals surface area contributed by atoms with Crippen LogP contribution >= 0.6 is 11.3 Å². The van der Waals surface area contributed by atoms with E-state index in [9.17, 15) is 4.79 Å². The minimum absolute atomic E-state index is 0.136. The van der Waals surface area contributed by atoms with Crippen molar-refractivity contribution >= 4 is 17.3 Å². The molecule has 20 heavy (non-hydrogen) atoms. The summed E-state index contributed by atoms with van der Waals surface area (Å²) in [6.07, 6.45) is 5.49. The van der Waals surface area contributed by atoms with Crippen LogP contribution in [0.2, 0.25) is 0 Å². The highest BCUT2D eigenvalue weighted by Gasteiger charge is 2.38. The first kappa shape index (κ1) is 13.3. The number of aromatic nitrogens is 1. The zero-order valence-corrected chi connectivity index (χ0v) is 11.9. The maximum Gasteiger partial charge on any atom is 0.338 e. The van der Waals surface area contributed by atoms with E-state index in [1.54, 1.807) is 7.11 Å². The predicted molar refractivity (Wildman–Crippen MR) is 73.9 cm³/mol. The quantitative estimate of drug-likeness (QED) is 0.933. The van der Waals surface area contributed by atoms with Crippen LogP contribution in [0.1, 0.15) is 41.0 Å². The van der Waals surface area contributed by atoms with Crippen molar-refractivity contribution < 1.29 is 19.1 Å². The predicted octanol–water partition coefficient (Wildman–Crippen LogP) is 3.52. The van der Waals surface area contributed by atoms with E-state index in [1.807, 2.05) is 5.38 Å². The topological polar surface area (TPSA) is 72.6 Å². The van der Waals surface area contributed by atoms with E-state index in [2.05, 4.69) is 4.98 Å². The maximum atomic E-state index is 10.9. The second kappa shape index (κ2) is 5.03. The van der Waals surface area contributed by atoms with Crippen molar-refractivity contribution in [3.63, 3.8) is 0 Å². The molecule has 0 spiro atoms. The summed E-state index contributed by atoms with van der Waals surface area (Å²) in [7, 11) is 1.72. The summed E-state index contributed by atoms with van der Waals surface area (Å²) in [5.41, 5.74) is 0.531. The Labute approximate surface area is 120 Å². The number of ether oxygens (including phenoxy) is 1. The third kappa shape index (κ3) is 2.14. The van der Waals surface area contributed by atoms with Crippen LogP contribution in [0.3, 0.4) is 0 Å². The van der Waals surface area contributed by atoms with Crippen LogP contribution in [0.4, 0.5) is 0 Å². The fourth-order valence-corrected chi connectivity index (χ4v) is 3.68. The molecule has 1 N–H and O–H groups in total. The van der Waals surface area contributed by atoms with Crippen molar-refractivity contribution in [2.24, 2.45) is 0 Å². The summed E-state index contributed by atoms with van der Waals surface area (Å²) in [4.78, 5) is 15.4. The van der Waals surface area contributed by atoms with Crippen molar-refractivity contribution in [3.8, 4) is 11.5 Å². The summed E-state index contributed by atoms with van der Waals surface area (Å²) in [5, 5.41) is 11.7. The van der Waals surface area contributed by atoms with E-state index >= 15 is 0 Å². The number of carboxylic acid groups (broad SMARTS) is 1. The third-order valence-corrected chi connectivity index (χ3v) is 4.82. The van der Waals surface area contributed by atoms with Crippen molar-refractivity contribution in [2.45, 2.75) is 31.3 Å². The highest BCUT2D eigenvalue weighted by molar-refractivity contribution is 7.10. The number of methoxy groups -OCH3 is 1. The Morgan fingerprint density at radius 2 is 2.25 bits per heavy atom. The fourth-order valence-electron chi connectivity index (χ4n) is 2.63. The van der Waals surface area contributed by atoms with Gasteiger partial charge in [-0.1, -0.05) is 12.8 Å². The highest BCUT2D eigenvalue weighted by Crippen LogP contribution is 2.43. The summed E-state index contributed by atoms with van der Waals surface area (Å²) in [6, 6.07) is 1.50. The molecule has 2 aromatic rings. The molecule has 2 aromatic heterocycles. The van der Waals surface area contributed by atoms with Gasteiger partial charge in [0.2, 0.25) is 0 Å². The van der Waals surface area contributed by atoms with Gasteiger partial charge in [-0.3, -0.25) is 0 Å². The standard InChI is InChI=1S/C14H15NO4S/c1-18-14(4-2-3-5-14)13-15-10(8-20-13)11-6-9(7-19-11)12(16)17/h6-8H,2-5H2,1H3,(H,16,17). The van der Waals surface area contributed by atoms with Gasteiger partial charge in [0.1, 0.15) is 22.6 Å². The van der Waals surface area contributed by atoms with Gasteiger partial charge in [0.05, 0.1) is 5.56 Å². The van der Waals surface area contributed by atoms with Crippen molar-refractivity contribution in [1.29, 1.82) is 0 Å². The number of carboxylic acids is 1. The van der Waals surface area contributed by atoms with Crippen molar-refractivity contribution in [1.82, 2.24) is 4.98 Å². The first-order valence-corrected chi connectivity index (χ1v) is 7.36. The minimum Gasteiger partial charge on any atom is -0.478 e. The smallest absolute Gasteiger partial charge is 0.338 e. The van der Waals surface area contributed by atoms with E-state index in [0.717, 1.165) is 30.7 Å². The van der Waals surface area contributed by atoms with Crippen LogP contribution in [0.15, 0.2) is 22.1 Å². The first-order valence-electron chi connectivity index (χ1n) is 6.48. The molecule has 0 radical (unpaired) electrons. The molecule has 3 rings (SSSR count). The highest BCUT2D eigenvalue weighted by atomic mass is 32.1. The van der Waals surface area contributed by atoms with E-state index in [1.165, 1.54) is 23.7 Å². The van der Waals surface area contributed by atoms with Gasteiger partial charge in [0.15, 0.2) is 5.76 Å². The van der Waals surface area contributed by atoms with Gasteiger partial charge in [-0.05, 0) is 12.8 Å². The van der Waals surface area contributed by atoms with Crippen LogP contribution in [0.25, 0.3) is 11.5 Å². The molecule has 0 amide bonds. The second-order valence-electron chi connectivity index (χ2n) is 4.95. The average molecular weight is 293 g/mol. The third-order valence-electron chi connectivity index (χ3n) is 3.79. The fraction of sp³-hybridized carbons (Fsp3) is 0.429. The van der Waals surface area contributed by atoms with E-state index in [0.29, 0.717) is 11.5 Å². The van der Waals surface area contributed by atoms with Crippen LogP contribution in [0.5, 0.6) is 0 Å². The zero-order chi connectivity index (χ0) is 14.2. The molecule has 0 saturated heterocycles. The number of thiazole rings is 1. The molecule has 1 fully saturated rings. The number of hydrogen-bond donors (Lipinski definition) is 1. The Balaban J connectivity index is 1.91. The molecule has 0 atom stereocenters. The largest absolute Gasteiger partial charge is 0.478 e. The molecule has 2 heterocycles. The average Bonchev–Trinajstić information content (AvgIpc) is 3.18. The lowest BCUT2D eigenvalue weighted by Crippen LogP contribution is -2.23. The van der Waals surface area contributed by atoms with E-state index in [4.69, 9.17) is 14.3 Å². The molecule has 106 valence electrons. The molecule has 0 aliphatic heterocycles. The van der Waals surface area contributed by atoms with Crippen LogP contribution in [0, 0.1) is 0 Å². The van der Waals surface area contributed by atoms with Gasteiger partial charge in [0.25, 0.3) is 0 Å². The Morgan fingerprint density at radius 1 is 1.50 bits per heavy atom. The lowest BCUT2D eigenvalue weighted by molar-refractivity contribution is -0.00880. The minimum atomic E-state index is -1.00. The van der Waals surface area contributed by atoms with Crippen LogP contribution in [-0.2, 0) is 10.3 Å². The molecular formula is C14H15NO4S. The monoisotopic (exact) mass is 293 g/mol. The van der Waals surface area contributed by atoms with Gasteiger partial charge in [-0.2, -0.15) is 0 Å². The molecular weight excluding hydrogens is 278 g/mol. The van der Waals surface area contributed by atoms with Gasteiger partial charge in [0, 0.05) is 18.6 Å². The van der Waals surface area contributed by atoms with E-state index in [-0.39, 0.29) is 11.2 Å². The zero-order valence-electron chi connectivity index (χ0n) is 11.1. The molecule has 1 saturated carbocycles. The maximum absolute atomic E-state index is 10.9. The number of hydrogen-bond acceptors (Lipinski definition) is 5. The molecule has 0 bridgehead atoms. The first-order chi connectivity index (χ1) is 9.64. The molecule has 1 aliphatic rings. The van der Waals surface area contributed by atoms with Gasteiger partial charge in [-0.15, -0.1) is 11.3 Å². The molecule has 1 aliphatic carbocycles. The van der Waals surface area contributed by atoms with Gasteiger partial charge < -0.3 is 14.3 Å².